The van der Waals surface area contributed by atoms with Crippen molar-refractivity contribution in [3.63, 3.8) is 0 Å². The van der Waals surface area contributed by atoms with Gasteiger partial charge in [0, 0.05) is 5.33 Å². The maximum absolute atomic E-state index is 9.08. The fourth-order valence-electron chi connectivity index (χ4n) is 1.56. The van der Waals surface area contributed by atoms with Crippen molar-refractivity contribution in [2.45, 2.75) is 5.33 Å². The molecule has 2 rings (SSSR count). The van der Waals surface area contributed by atoms with Crippen molar-refractivity contribution in [3.05, 3.63) is 47.5 Å². The van der Waals surface area contributed by atoms with E-state index < -0.39 is 0 Å². The van der Waals surface area contributed by atoms with E-state index in [0.717, 1.165) is 27.2 Å². The molecule has 0 unspecified atom stereocenters. The standard InChI is InChI=1S/C12H8BrN/c13-7-10-6-5-9-3-1-2-4-11(9)12(10)8-14/h1-6H,7H2. The second kappa shape index (κ2) is 3.81. The van der Waals surface area contributed by atoms with Gasteiger partial charge in [0.2, 0.25) is 0 Å². The number of rotatable bonds is 1. The molecule has 0 radical (unpaired) electrons. The number of benzene rings is 2. The molecule has 0 aliphatic heterocycles. The molecule has 0 aliphatic carbocycles. The van der Waals surface area contributed by atoms with Gasteiger partial charge in [-0.25, -0.2) is 0 Å². The summed E-state index contributed by atoms with van der Waals surface area (Å²) >= 11 is 3.38. The minimum absolute atomic E-state index is 0.723. The van der Waals surface area contributed by atoms with E-state index in [9.17, 15) is 0 Å². The van der Waals surface area contributed by atoms with Gasteiger partial charge in [0.25, 0.3) is 0 Å². The summed E-state index contributed by atoms with van der Waals surface area (Å²) < 4.78 is 0. The maximum atomic E-state index is 9.08. The lowest BCUT2D eigenvalue weighted by Crippen LogP contribution is -1.87. The Kier molecular flexibility index (Phi) is 2.51. The van der Waals surface area contributed by atoms with E-state index in [1.165, 1.54) is 0 Å². The molecule has 0 saturated heterocycles. The Hall–Kier alpha value is -1.33. The lowest BCUT2D eigenvalue weighted by atomic mass is 10.0. The molecule has 0 bridgehead atoms. The lowest BCUT2D eigenvalue weighted by molar-refractivity contribution is 1.40. The van der Waals surface area contributed by atoms with Crippen molar-refractivity contribution in [1.82, 2.24) is 0 Å². The predicted molar refractivity (Wildman–Crippen MR) is 61.3 cm³/mol. The molecule has 0 atom stereocenters. The first-order valence-corrected chi connectivity index (χ1v) is 5.45. The molecular formula is C12H8BrN. The summed E-state index contributed by atoms with van der Waals surface area (Å²) in [7, 11) is 0. The number of nitrogens with zero attached hydrogens (tertiary/aromatic N) is 1. The normalized spacial score (nSPS) is 10.0. The largest absolute Gasteiger partial charge is 0.192 e. The van der Waals surface area contributed by atoms with Crippen LogP contribution >= 0.6 is 15.9 Å². The Morgan fingerprint density at radius 3 is 2.64 bits per heavy atom. The van der Waals surface area contributed by atoms with Crippen molar-refractivity contribution in [1.29, 1.82) is 5.26 Å². The van der Waals surface area contributed by atoms with Gasteiger partial charge in [0.1, 0.15) is 6.07 Å². The summed E-state index contributed by atoms with van der Waals surface area (Å²) in [6.45, 7) is 0. The van der Waals surface area contributed by atoms with Gasteiger partial charge in [0.05, 0.1) is 5.56 Å². The van der Waals surface area contributed by atoms with Gasteiger partial charge in [-0.3, -0.25) is 0 Å². The summed E-state index contributed by atoms with van der Waals surface area (Å²) in [4.78, 5) is 0. The number of hydrogen-bond acceptors (Lipinski definition) is 1. The zero-order chi connectivity index (χ0) is 9.97. The maximum Gasteiger partial charge on any atom is 0.100 e. The SMILES string of the molecule is N#Cc1c(CBr)ccc2ccccc12. The first-order chi connectivity index (χ1) is 6.86. The van der Waals surface area contributed by atoms with Crippen LogP contribution in [0.3, 0.4) is 0 Å². The fraction of sp³-hybridized carbons (Fsp3) is 0.0833. The summed E-state index contributed by atoms with van der Waals surface area (Å²) in [6, 6.07) is 14.3. The van der Waals surface area contributed by atoms with Gasteiger partial charge in [-0.2, -0.15) is 5.26 Å². The molecule has 1 nitrogen and oxygen atoms in total. The highest BCUT2D eigenvalue weighted by Crippen LogP contribution is 2.23. The molecule has 2 heteroatoms. The third-order valence-corrected chi connectivity index (χ3v) is 2.88. The van der Waals surface area contributed by atoms with E-state index in [0.29, 0.717) is 0 Å². The zero-order valence-electron chi connectivity index (χ0n) is 7.50. The fourth-order valence-corrected chi connectivity index (χ4v) is 2.03. The Morgan fingerprint density at radius 1 is 1.14 bits per heavy atom. The topological polar surface area (TPSA) is 23.8 Å². The van der Waals surface area contributed by atoms with E-state index in [2.05, 4.69) is 22.0 Å². The molecule has 14 heavy (non-hydrogen) atoms. The molecule has 68 valence electrons. The van der Waals surface area contributed by atoms with Crippen LogP contribution in [0, 0.1) is 11.3 Å². The van der Waals surface area contributed by atoms with Crippen molar-refractivity contribution in [2.24, 2.45) is 0 Å². The van der Waals surface area contributed by atoms with Crippen LogP contribution in [0.25, 0.3) is 10.8 Å². The number of hydrogen-bond donors (Lipinski definition) is 0. The first kappa shape index (κ1) is 9.23. The molecule has 2 aromatic carbocycles. The molecule has 0 spiro atoms. The van der Waals surface area contributed by atoms with Crippen LogP contribution in [0.4, 0.5) is 0 Å². The Bertz CT molecular complexity index is 511. The number of fused-ring (bicyclic) bond motifs is 1. The minimum Gasteiger partial charge on any atom is -0.192 e. The summed E-state index contributed by atoms with van der Waals surface area (Å²) in [5.41, 5.74) is 1.83. The van der Waals surface area contributed by atoms with Crippen LogP contribution in [-0.4, -0.2) is 0 Å². The number of halogens is 1. The molecule has 0 N–H and O–H groups in total. The van der Waals surface area contributed by atoms with Crippen LogP contribution in [-0.2, 0) is 5.33 Å². The van der Waals surface area contributed by atoms with Crippen molar-refractivity contribution in [2.75, 3.05) is 0 Å². The van der Waals surface area contributed by atoms with Gasteiger partial charge in [-0.15, -0.1) is 0 Å². The average molecular weight is 246 g/mol. The third kappa shape index (κ3) is 1.40. The Balaban J connectivity index is 2.85. The van der Waals surface area contributed by atoms with Crippen LogP contribution in [0.5, 0.6) is 0 Å². The molecule has 0 amide bonds. The monoisotopic (exact) mass is 245 g/mol. The summed E-state index contributed by atoms with van der Waals surface area (Å²) in [5.74, 6) is 0. The summed E-state index contributed by atoms with van der Waals surface area (Å²) in [5, 5.41) is 12.0. The van der Waals surface area contributed by atoms with Crippen LogP contribution in [0.2, 0.25) is 0 Å². The smallest absolute Gasteiger partial charge is 0.100 e. The molecule has 0 aliphatic rings. The van der Waals surface area contributed by atoms with Gasteiger partial charge in [0.15, 0.2) is 0 Å². The molecule has 2 aromatic rings. The second-order valence-electron chi connectivity index (χ2n) is 3.07. The van der Waals surface area contributed by atoms with Crippen molar-refractivity contribution >= 4 is 26.7 Å². The van der Waals surface area contributed by atoms with E-state index >= 15 is 0 Å². The van der Waals surface area contributed by atoms with Crippen molar-refractivity contribution in [3.8, 4) is 6.07 Å². The van der Waals surface area contributed by atoms with Crippen LogP contribution < -0.4 is 0 Å². The van der Waals surface area contributed by atoms with Gasteiger partial charge >= 0.3 is 0 Å². The predicted octanol–water partition coefficient (Wildman–Crippen LogP) is 3.61. The molecule has 0 fully saturated rings. The van der Waals surface area contributed by atoms with E-state index in [1.54, 1.807) is 0 Å². The highest BCUT2D eigenvalue weighted by Gasteiger charge is 2.04. The first-order valence-electron chi connectivity index (χ1n) is 4.33. The van der Waals surface area contributed by atoms with Crippen LogP contribution in [0.15, 0.2) is 36.4 Å². The third-order valence-electron chi connectivity index (χ3n) is 2.27. The van der Waals surface area contributed by atoms with Gasteiger partial charge in [-0.05, 0) is 16.3 Å². The minimum atomic E-state index is 0.723. The quantitative estimate of drug-likeness (QED) is 0.705. The van der Waals surface area contributed by atoms with Gasteiger partial charge < -0.3 is 0 Å². The van der Waals surface area contributed by atoms with E-state index in [4.69, 9.17) is 5.26 Å². The molecule has 0 saturated carbocycles. The highest BCUT2D eigenvalue weighted by molar-refractivity contribution is 9.08. The Labute approximate surface area is 91.1 Å². The number of alkyl halides is 1. The lowest BCUT2D eigenvalue weighted by Gasteiger charge is -2.03. The average Bonchev–Trinajstić information content (AvgIpc) is 2.27. The van der Waals surface area contributed by atoms with Crippen molar-refractivity contribution < 1.29 is 0 Å². The Morgan fingerprint density at radius 2 is 1.93 bits per heavy atom. The second-order valence-corrected chi connectivity index (χ2v) is 3.63. The van der Waals surface area contributed by atoms with Crippen LogP contribution in [0.1, 0.15) is 11.1 Å². The zero-order valence-corrected chi connectivity index (χ0v) is 9.08. The summed E-state index contributed by atoms with van der Waals surface area (Å²) in [6.07, 6.45) is 0. The molecule has 0 heterocycles. The number of nitriles is 1. The molecule has 0 aromatic heterocycles. The molecular weight excluding hydrogens is 238 g/mol. The highest BCUT2D eigenvalue weighted by atomic mass is 79.9. The van der Waals surface area contributed by atoms with E-state index in [1.807, 2.05) is 36.4 Å². The van der Waals surface area contributed by atoms with Gasteiger partial charge in [-0.1, -0.05) is 52.3 Å². The van der Waals surface area contributed by atoms with E-state index in [-0.39, 0.29) is 0 Å².